The van der Waals surface area contributed by atoms with E-state index in [1.165, 1.54) is 53.9 Å². The lowest BCUT2D eigenvalue weighted by molar-refractivity contribution is 0.203. The minimum Gasteiger partial charge on any atom is -0.489 e. The Morgan fingerprint density at radius 2 is 1.51 bits per heavy atom. The molecule has 5 nitrogen and oxygen atoms in total. The fourth-order valence-electron chi connectivity index (χ4n) is 5.67. The van der Waals surface area contributed by atoms with Gasteiger partial charge in [-0.15, -0.1) is 0 Å². The number of piperidine rings is 1. The highest BCUT2D eigenvalue weighted by Gasteiger charge is 2.29. The summed E-state index contributed by atoms with van der Waals surface area (Å²) in [5.74, 6) is 2.59. The standard InChI is InChI=1S/C32H36N4O/c1-3-9-25(10-4-1)23-35-21-18-27(19-22-35)31-30-13-7-8-20-33-32(30)36(34-31)28-14-16-29(17-15-28)37-24-26-11-5-2-6-12-26/h1-6,9-12,14-17,27,33H,7-8,13,18-24H2. The molecule has 0 atom stereocenters. The Balaban J connectivity index is 1.18. The Hall–Kier alpha value is -3.57. The highest BCUT2D eigenvalue weighted by molar-refractivity contribution is 5.55. The van der Waals surface area contributed by atoms with Gasteiger partial charge < -0.3 is 10.1 Å². The fourth-order valence-corrected chi connectivity index (χ4v) is 5.67. The summed E-state index contributed by atoms with van der Waals surface area (Å²) in [5.41, 5.74) is 6.41. The van der Waals surface area contributed by atoms with Crippen molar-refractivity contribution in [2.24, 2.45) is 0 Å². The van der Waals surface area contributed by atoms with Crippen molar-refractivity contribution in [3.63, 3.8) is 0 Å². The number of nitrogens with zero attached hydrogens (tertiary/aromatic N) is 3. The lowest BCUT2D eigenvalue weighted by Crippen LogP contribution is -2.32. The molecule has 1 N–H and O–H groups in total. The first-order chi connectivity index (χ1) is 18.3. The van der Waals surface area contributed by atoms with E-state index in [1.807, 2.05) is 18.2 Å². The van der Waals surface area contributed by atoms with Crippen LogP contribution >= 0.6 is 0 Å². The number of rotatable bonds is 7. The number of likely N-dealkylation sites (tertiary alicyclic amines) is 1. The molecule has 0 saturated carbocycles. The van der Waals surface area contributed by atoms with Crippen molar-refractivity contribution >= 4 is 5.82 Å². The van der Waals surface area contributed by atoms with Crippen LogP contribution in [0.4, 0.5) is 5.82 Å². The minimum atomic E-state index is 0.524. The zero-order chi connectivity index (χ0) is 24.9. The van der Waals surface area contributed by atoms with Gasteiger partial charge in [0, 0.05) is 24.6 Å². The molecule has 190 valence electrons. The second-order valence-electron chi connectivity index (χ2n) is 10.3. The maximum atomic E-state index is 6.02. The van der Waals surface area contributed by atoms with E-state index in [9.17, 15) is 0 Å². The topological polar surface area (TPSA) is 42.3 Å². The molecule has 4 aromatic rings. The maximum Gasteiger partial charge on any atom is 0.133 e. The predicted octanol–water partition coefficient (Wildman–Crippen LogP) is 6.58. The Morgan fingerprint density at radius 3 is 2.24 bits per heavy atom. The smallest absolute Gasteiger partial charge is 0.133 e. The van der Waals surface area contributed by atoms with Crippen molar-refractivity contribution in [3.8, 4) is 11.4 Å². The number of nitrogens with one attached hydrogen (secondary N) is 1. The molecule has 0 aliphatic carbocycles. The van der Waals surface area contributed by atoms with Crippen molar-refractivity contribution in [3.05, 3.63) is 107 Å². The van der Waals surface area contributed by atoms with Gasteiger partial charge in [0.05, 0.1) is 11.4 Å². The van der Waals surface area contributed by atoms with E-state index in [0.29, 0.717) is 12.5 Å². The molecule has 2 aliphatic heterocycles. The van der Waals surface area contributed by atoms with Crippen molar-refractivity contribution in [1.29, 1.82) is 0 Å². The summed E-state index contributed by atoms with van der Waals surface area (Å²) >= 11 is 0. The molecular weight excluding hydrogens is 456 g/mol. The summed E-state index contributed by atoms with van der Waals surface area (Å²) < 4.78 is 8.16. The number of fused-ring (bicyclic) bond motifs is 1. The molecule has 0 bridgehead atoms. The van der Waals surface area contributed by atoms with Gasteiger partial charge in [-0.25, -0.2) is 4.68 Å². The highest BCUT2D eigenvalue weighted by atomic mass is 16.5. The van der Waals surface area contributed by atoms with Crippen LogP contribution in [0.1, 0.15) is 54.0 Å². The molecule has 1 saturated heterocycles. The van der Waals surface area contributed by atoms with Gasteiger partial charge in [0.25, 0.3) is 0 Å². The van der Waals surface area contributed by atoms with Crippen LogP contribution in [0.15, 0.2) is 84.9 Å². The molecule has 0 unspecified atom stereocenters. The molecule has 0 spiro atoms. The van der Waals surface area contributed by atoms with Crippen LogP contribution in [0, 0.1) is 0 Å². The summed E-state index contributed by atoms with van der Waals surface area (Å²) in [6.07, 6.45) is 5.87. The molecule has 6 rings (SSSR count). The Kier molecular flexibility index (Phi) is 7.22. The van der Waals surface area contributed by atoms with Crippen LogP contribution < -0.4 is 10.1 Å². The second kappa shape index (κ2) is 11.2. The fraction of sp³-hybridized carbons (Fsp3) is 0.344. The van der Waals surface area contributed by atoms with Crippen LogP contribution in [0.2, 0.25) is 0 Å². The van der Waals surface area contributed by atoms with Gasteiger partial charge in [-0.05, 0) is 80.6 Å². The van der Waals surface area contributed by atoms with Crippen LogP contribution in [-0.2, 0) is 19.6 Å². The van der Waals surface area contributed by atoms with Crippen LogP contribution in [0.3, 0.4) is 0 Å². The Bertz CT molecular complexity index is 1280. The highest BCUT2D eigenvalue weighted by Crippen LogP contribution is 2.37. The van der Waals surface area contributed by atoms with Crippen molar-refractivity contribution in [1.82, 2.24) is 14.7 Å². The number of aromatic nitrogens is 2. The van der Waals surface area contributed by atoms with Gasteiger partial charge in [0.15, 0.2) is 0 Å². The van der Waals surface area contributed by atoms with Gasteiger partial charge in [-0.1, -0.05) is 60.7 Å². The maximum absolute atomic E-state index is 6.02. The average molecular weight is 493 g/mol. The predicted molar refractivity (Wildman–Crippen MR) is 149 cm³/mol. The Labute approximate surface area is 220 Å². The van der Waals surface area contributed by atoms with E-state index in [0.717, 1.165) is 44.0 Å². The van der Waals surface area contributed by atoms with Gasteiger partial charge in [0.2, 0.25) is 0 Å². The largest absolute Gasteiger partial charge is 0.489 e. The van der Waals surface area contributed by atoms with E-state index < -0.39 is 0 Å². The molecule has 37 heavy (non-hydrogen) atoms. The van der Waals surface area contributed by atoms with E-state index in [2.05, 4.69) is 81.6 Å². The molecule has 3 aromatic carbocycles. The normalized spacial score (nSPS) is 16.5. The van der Waals surface area contributed by atoms with Gasteiger partial charge in [0.1, 0.15) is 18.2 Å². The van der Waals surface area contributed by atoms with Gasteiger partial charge >= 0.3 is 0 Å². The van der Waals surface area contributed by atoms with Gasteiger partial charge in [-0.3, -0.25) is 4.90 Å². The van der Waals surface area contributed by atoms with E-state index in [4.69, 9.17) is 9.84 Å². The average Bonchev–Trinajstić information content (AvgIpc) is 3.14. The second-order valence-corrected chi connectivity index (χ2v) is 10.3. The molecule has 2 aliphatic rings. The lowest BCUT2D eigenvalue weighted by atomic mass is 9.90. The van der Waals surface area contributed by atoms with Crippen molar-refractivity contribution in [2.75, 3.05) is 25.0 Å². The first kappa shape index (κ1) is 23.8. The Morgan fingerprint density at radius 1 is 0.811 bits per heavy atom. The van der Waals surface area contributed by atoms with Crippen molar-refractivity contribution < 1.29 is 4.74 Å². The third-order valence-electron chi connectivity index (χ3n) is 7.71. The third kappa shape index (κ3) is 5.57. The summed E-state index contributed by atoms with van der Waals surface area (Å²) in [6, 6.07) is 29.5. The SMILES string of the molecule is c1ccc(COc2ccc(-n3nc(C4CCN(Cc5ccccc5)CC4)c4c3NCCCC4)cc2)cc1. The zero-order valence-electron chi connectivity index (χ0n) is 21.5. The van der Waals surface area contributed by atoms with Crippen LogP contribution in [0.25, 0.3) is 5.69 Å². The van der Waals surface area contributed by atoms with E-state index in [1.54, 1.807) is 0 Å². The molecule has 3 heterocycles. The summed E-state index contributed by atoms with van der Waals surface area (Å²) in [6.45, 7) is 4.88. The molecule has 1 aromatic heterocycles. The molecular formula is C32H36N4O. The first-order valence-corrected chi connectivity index (χ1v) is 13.7. The quantitative estimate of drug-likeness (QED) is 0.316. The minimum absolute atomic E-state index is 0.524. The number of anilines is 1. The number of ether oxygens (including phenoxy) is 1. The summed E-state index contributed by atoms with van der Waals surface area (Å²) in [5, 5.41) is 8.97. The first-order valence-electron chi connectivity index (χ1n) is 13.7. The molecule has 0 amide bonds. The molecule has 0 radical (unpaired) electrons. The number of hydrogen-bond acceptors (Lipinski definition) is 4. The molecule has 1 fully saturated rings. The zero-order valence-corrected chi connectivity index (χ0v) is 21.5. The lowest BCUT2D eigenvalue weighted by Gasteiger charge is -2.31. The third-order valence-corrected chi connectivity index (χ3v) is 7.71. The van der Waals surface area contributed by atoms with Crippen LogP contribution in [-0.4, -0.2) is 34.3 Å². The summed E-state index contributed by atoms with van der Waals surface area (Å²) in [7, 11) is 0. The molecule has 5 heteroatoms. The van der Waals surface area contributed by atoms with Crippen molar-refractivity contribution in [2.45, 2.75) is 51.2 Å². The van der Waals surface area contributed by atoms with E-state index in [-0.39, 0.29) is 0 Å². The van der Waals surface area contributed by atoms with E-state index >= 15 is 0 Å². The summed E-state index contributed by atoms with van der Waals surface area (Å²) in [4.78, 5) is 2.59. The number of benzene rings is 3. The van der Waals surface area contributed by atoms with Gasteiger partial charge in [-0.2, -0.15) is 5.10 Å². The number of hydrogen-bond donors (Lipinski definition) is 1. The monoisotopic (exact) mass is 492 g/mol. The van der Waals surface area contributed by atoms with Crippen LogP contribution in [0.5, 0.6) is 5.75 Å².